The number of hydrogen-bond donors (Lipinski definition) is 2. The second kappa shape index (κ2) is 9.28. The first kappa shape index (κ1) is 20.6. The van der Waals surface area contributed by atoms with Gasteiger partial charge in [0.15, 0.2) is 0 Å². The van der Waals surface area contributed by atoms with Crippen LogP contribution in [-0.2, 0) is 29.1 Å². The molecule has 0 unspecified atom stereocenters. The number of nitrogens with one attached hydrogen (secondary N) is 2. The average Bonchev–Trinajstić information content (AvgIpc) is 2.64. The zero-order valence-corrected chi connectivity index (χ0v) is 15.7. The number of methoxy groups -OCH3 is 1. The summed E-state index contributed by atoms with van der Waals surface area (Å²) in [5, 5.41) is 4.80. The first-order chi connectivity index (χ1) is 12.4. The summed E-state index contributed by atoms with van der Waals surface area (Å²) in [4.78, 5) is 23.6. The SMILES string of the molecule is COCCNC(=O)C(=O)Nc1cc(S(=O)(=O)N2CCOCC2)ccc1Cl. The maximum absolute atomic E-state index is 12.7. The number of anilines is 1. The summed E-state index contributed by atoms with van der Waals surface area (Å²) in [7, 11) is -2.28. The number of nitrogens with zero attached hydrogens (tertiary/aromatic N) is 1. The molecule has 1 aromatic rings. The topological polar surface area (TPSA) is 114 Å². The Hall–Kier alpha value is -1.72. The van der Waals surface area contributed by atoms with Crippen molar-refractivity contribution in [3.63, 3.8) is 0 Å². The highest BCUT2D eigenvalue weighted by atomic mass is 35.5. The van der Waals surface area contributed by atoms with Gasteiger partial charge < -0.3 is 20.1 Å². The lowest BCUT2D eigenvalue weighted by Gasteiger charge is -2.26. The van der Waals surface area contributed by atoms with Crippen molar-refractivity contribution >= 4 is 39.1 Å². The van der Waals surface area contributed by atoms with Crippen LogP contribution in [0.2, 0.25) is 5.02 Å². The van der Waals surface area contributed by atoms with Crippen molar-refractivity contribution in [2.75, 3.05) is 51.9 Å². The van der Waals surface area contributed by atoms with E-state index < -0.39 is 21.8 Å². The summed E-state index contributed by atoms with van der Waals surface area (Å²) in [5.74, 6) is -1.83. The van der Waals surface area contributed by atoms with E-state index in [1.807, 2.05) is 0 Å². The summed E-state index contributed by atoms with van der Waals surface area (Å²) in [6.07, 6.45) is 0. The largest absolute Gasteiger partial charge is 0.383 e. The predicted molar refractivity (Wildman–Crippen MR) is 94.5 cm³/mol. The molecule has 2 amide bonds. The highest BCUT2D eigenvalue weighted by molar-refractivity contribution is 7.89. The summed E-state index contributed by atoms with van der Waals surface area (Å²) in [6.45, 7) is 1.55. The highest BCUT2D eigenvalue weighted by Gasteiger charge is 2.27. The second-order valence-electron chi connectivity index (χ2n) is 5.36. The van der Waals surface area contributed by atoms with Crippen LogP contribution < -0.4 is 10.6 Å². The van der Waals surface area contributed by atoms with E-state index in [2.05, 4.69) is 10.6 Å². The summed E-state index contributed by atoms with van der Waals surface area (Å²) >= 11 is 6.01. The molecule has 0 spiro atoms. The van der Waals surface area contributed by atoms with Gasteiger partial charge in [0, 0.05) is 26.7 Å². The number of carbonyl (C=O) groups excluding carboxylic acids is 2. The molecule has 0 saturated carbocycles. The number of halogens is 1. The van der Waals surface area contributed by atoms with E-state index in [1.54, 1.807) is 0 Å². The van der Waals surface area contributed by atoms with Crippen molar-refractivity contribution in [3.8, 4) is 0 Å². The monoisotopic (exact) mass is 405 g/mol. The van der Waals surface area contributed by atoms with Gasteiger partial charge in [0.1, 0.15) is 0 Å². The number of rotatable bonds is 6. The van der Waals surface area contributed by atoms with Crippen molar-refractivity contribution in [1.82, 2.24) is 9.62 Å². The average molecular weight is 406 g/mol. The molecule has 11 heteroatoms. The molecule has 1 aliphatic rings. The number of carbonyl (C=O) groups is 2. The fraction of sp³-hybridized carbons (Fsp3) is 0.467. The van der Waals surface area contributed by atoms with Gasteiger partial charge in [-0.15, -0.1) is 0 Å². The third-order valence-electron chi connectivity index (χ3n) is 3.59. The minimum Gasteiger partial charge on any atom is -0.383 e. The Bertz CT molecular complexity index is 765. The van der Waals surface area contributed by atoms with Gasteiger partial charge in [0.2, 0.25) is 10.0 Å². The van der Waals surface area contributed by atoms with Gasteiger partial charge in [-0.25, -0.2) is 8.42 Å². The Morgan fingerprint density at radius 3 is 2.62 bits per heavy atom. The van der Waals surface area contributed by atoms with Crippen LogP contribution >= 0.6 is 11.6 Å². The van der Waals surface area contributed by atoms with E-state index in [4.69, 9.17) is 21.1 Å². The third kappa shape index (κ3) is 5.15. The van der Waals surface area contributed by atoms with Gasteiger partial charge in [-0.2, -0.15) is 4.31 Å². The van der Waals surface area contributed by atoms with Crippen LogP contribution in [0.3, 0.4) is 0 Å². The van der Waals surface area contributed by atoms with Crippen LogP contribution in [0.4, 0.5) is 5.69 Å². The Balaban J connectivity index is 2.14. The van der Waals surface area contributed by atoms with Crippen LogP contribution in [0.5, 0.6) is 0 Å². The zero-order chi connectivity index (χ0) is 19.2. The fourth-order valence-corrected chi connectivity index (χ4v) is 3.82. The molecule has 144 valence electrons. The maximum Gasteiger partial charge on any atom is 0.313 e. The summed E-state index contributed by atoms with van der Waals surface area (Å²) in [5.41, 5.74) is 0.0351. The number of amides is 2. The lowest BCUT2D eigenvalue weighted by atomic mass is 10.3. The van der Waals surface area contributed by atoms with E-state index in [0.717, 1.165) is 0 Å². The second-order valence-corrected chi connectivity index (χ2v) is 7.71. The fourth-order valence-electron chi connectivity index (χ4n) is 2.22. The molecular weight excluding hydrogens is 386 g/mol. The molecule has 26 heavy (non-hydrogen) atoms. The number of benzene rings is 1. The Kier molecular flexibility index (Phi) is 7.35. The molecule has 1 heterocycles. The number of morpholine rings is 1. The van der Waals surface area contributed by atoms with Crippen LogP contribution in [-0.4, -0.2) is 71.1 Å². The molecule has 1 aromatic carbocycles. The highest BCUT2D eigenvalue weighted by Crippen LogP contribution is 2.27. The van der Waals surface area contributed by atoms with Crippen LogP contribution in [0.1, 0.15) is 0 Å². The Labute approximate surface area is 156 Å². The van der Waals surface area contributed by atoms with Gasteiger partial charge in [0.05, 0.1) is 35.4 Å². The summed E-state index contributed by atoms with van der Waals surface area (Å²) in [6, 6.07) is 3.93. The maximum atomic E-state index is 12.7. The van der Waals surface area contributed by atoms with Crippen molar-refractivity contribution < 1.29 is 27.5 Å². The van der Waals surface area contributed by atoms with Gasteiger partial charge in [0.25, 0.3) is 0 Å². The summed E-state index contributed by atoms with van der Waals surface area (Å²) < 4.78 is 36.6. The van der Waals surface area contributed by atoms with Crippen LogP contribution in [0.25, 0.3) is 0 Å². The molecule has 0 radical (unpaired) electrons. The van der Waals surface area contributed by atoms with Crippen LogP contribution in [0.15, 0.2) is 23.1 Å². The number of sulfonamides is 1. The number of hydrogen-bond acceptors (Lipinski definition) is 6. The quantitative estimate of drug-likeness (QED) is 0.511. The van der Waals surface area contributed by atoms with Crippen molar-refractivity contribution in [3.05, 3.63) is 23.2 Å². The number of ether oxygens (including phenoxy) is 2. The van der Waals surface area contributed by atoms with Crippen molar-refractivity contribution in [1.29, 1.82) is 0 Å². The lowest BCUT2D eigenvalue weighted by Crippen LogP contribution is -2.40. The van der Waals surface area contributed by atoms with Crippen molar-refractivity contribution in [2.45, 2.75) is 4.90 Å². The molecule has 0 aliphatic carbocycles. The zero-order valence-electron chi connectivity index (χ0n) is 14.2. The predicted octanol–water partition coefficient (Wildman–Crippen LogP) is 0.0620. The molecule has 0 aromatic heterocycles. The van der Waals surface area contributed by atoms with E-state index in [9.17, 15) is 18.0 Å². The first-order valence-electron chi connectivity index (χ1n) is 7.82. The minimum absolute atomic E-state index is 0.0288. The molecule has 2 N–H and O–H groups in total. The van der Waals surface area contributed by atoms with Gasteiger partial charge in [-0.1, -0.05) is 11.6 Å². The minimum atomic E-state index is -3.75. The molecule has 1 saturated heterocycles. The molecule has 2 rings (SSSR count). The standard InChI is InChI=1S/C15H20ClN3O6S/c1-24-7-4-17-14(20)15(21)18-13-10-11(2-3-12(13)16)26(22,23)19-5-8-25-9-6-19/h2-3,10H,4-9H2,1H3,(H,17,20)(H,18,21). The molecule has 9 nitrogen and oxygen atoms in total. The van der Waals surface area contributed by atoms with Crippen LogP contribution in [0, 0.1) is 0 Å². The Morgan fingerprint density at radius 2 is 1.96 bits per heavy atom. The van der Waals surface area contributed by atoms with Gasteiger partial charge in [-0.05, 0) is 18.2 Å². The molecule has 0 atom stereocenters. The van der Waals surface area contributed by atoms with E-state index in [1.165, 1.54) is 29.6 Å². The first-order valence-corrected chi connectivity index (χ1v) is 9.63. The smallest absolute Gasteiger partial charge is 0.313 e. The van der Waals surface area contributed by atoms with E-state index in [-0.39, 0.29) is 41.8 Å². The van der Waals surface area contributed by atoms with E-state index in [0.29, 0.717) is 13.2 Å². The van der Waals surface area contributed by atoms with Gasteiger partial charge >= 0.3 is 11.8 Å². The normalized spacial score (nSPS) is 15.5. The lowest BCUT2D eigenvalue weighted by molar-refractivity contribution is -0.136. The molecule has 1 aliphatic heterocycles. The molecular formula is C15H20ClN3O6S. The molecule has 1 fully saturated rings. The Morgan fingerprint density at radius 1 is 1.27 bits per heavy atom. The molecule has 0 bridgehead atoms. The van der Waals surface area contributed by atoms with Crippen molar-refractivity contribution in [2.24, 2.45) is 0 Å². The van der Waals surface area contributed by atoms with E-state index >= 15 is 0 Å². The third-order valence-corrected chi connectivity index (χ3v) is 5.82. The van der Waals surface area contributed by atoms with Gasteiger partial charge in [-0.3, -0.25) is 9.59 Å².